The van der Waals surface area contributed by atoms with Crippen molar-refractivity contribution in [2.75, 3.05) is 6.54 Å². The maximum Gasteiger partial charge on any atom is 0.173 e. The molecule has 0 aromatic rings. The topological polar surface area (TPSA) is 52.0 Å². The van der Waals surface area contributed by atoms with E-state index >= 15 is 0 Å². The van der Waals surface area contributed by atoms with Gasteiger partial charge in [-0.2, -0.15) is 0 Å². The van der Waals surface area contributed by atoms with Crippen LogP contribution in [0.15, 0.2) is 0 Å². The summed E-state index contributed by atoms with van der Waals surface area (Å²) in [5.41, 5.74) is 11.1. The van der Waals surface area contributed by atoms with E-state index in [2.05, 4.69) is 0 Å². The maximum absolute atomic E-state index is 6.01. The molecule has 4 N–H and O–H groups in total. The van der Waals surface area contributed by atoms with Gasteiger partial charge in [-0.3, -0.25) is 5.73 Å². The standard InChI is InChI=1S/C9H20Cl2N2/c1-6(2)8(5-12,7(3)4)9(10,11)13/h6-7H,5,12-13H2,1-4H3. The molecule has 0 rings (SSSR count). The Hall–Kier alpha value is 0.500. The smallest absolute Gasteiger partial charge is 0.173 e. The SMILES string of the molecule is CC(C)C(CN)(C(C)C)C(N)(Cl)Cl. The molecule has 0 fully saturated rings. The Bertz CT molecular complexity index is 153. The van der Waals surface area contributed by atoms with Gasteiger partial charge in [-0.05, 0) is 11.8 Å². The van der Waals surface area contributed by atoms with Crippen LogP contribution in [0, 0.1) is 17.3 Å². The lowest BCUT2D eigenvalue weighted by molar-refractivity contribution is 0.0996. The molecule has 0 amide bonds. The third-order valence-corrected chi connectivity index (χ3v) is 3.72. The van der Waals surface area contributed by atoms with Gasteiger partial charge in [0.1, 0.15) is 0 Å². The van der Waals surface area contributed by atoms with Gasteiger partial charge in [0.05, 0.1) is 0 Å². The summed E-state index contributed by atoms with van der Waals surface area (Å²) in [6.45, 7) is 8.56. The number of halogens is 2. The van der Waals surface area contributed by atoms with Crippen LogP contribution in [0.3, 0.4) is 0 Å². The van der Waals surface area contributed by atoms with Crippen LogP contribution in [0.4, 0.5) is 0 Å². The summed E-state index contributed by atoms with van der Waals surface area (Å²) in [5.74, 6) is 0.495. The van der Waals surface area contributed by atoms with E-state index in [1.165, 1.54) is 0 Å². The average Bonchev–Trinajstić information content (AvgIpc) is 1.83. The Kier molecular flexibility index (Phi) is 4.51. The molecule has 4 heteroatoms. The van der Waals surface area contributed by atoms with E-state index in [0.717, 1.165) is 0 Å². The molecule has 0 unspecified atom stereocenters. The molecule has 0 aromatic heterocycles. The third-order valence-electron chi connectivity index (χ3n) is 3.02. The predicted octanol–water partition coefficient (Wildman–Crippen LogP) is 2.33. The van der Waals surface area contributed by atoms with Crippen molar-refractivity contribution in [3.05, 3.63) is 0 Å². The van der Waals surface area contributed by atoms with Crippen LogP contribution in [0.25, 0.3) is 0 Å². The van der Waals surface area contributed by atoms with Crippen LogP contribution in [0.5, 0.6) is 0 Å². The van der Waals surface area contributed by atoms with Crippen molar-refractivity contribution in [3.8, 4) is 0 Å². The van der Waals surface area contributed by atoms with Gasteiger partial charge in [0.15, 0.2) is 4.46 Å². The Morgan fingerprint density at radius 2 is 1.38 bits per heavy atom. The lowest BCUT2D eigenvalue weighted by Gasteiger charge is -2.46. The minimum Gasteiger partial charge on any atom is -0.330 e. The Labute approximate surface area is 90.9 Å². The van der Waals surface area contributed by atoms with E-state index in [1.807, 2.05) is 27.7 Å². The first-order valence-corrected chi connectivity index (χ1v) is 5.32. The highest BCUT2D eigenvalue weighted by Gasteiger charge is 2.50. The molecule has 0 saturated heterocycles. The molecule has 0 saturated carbocycles. The lowest BCUT2D eigenvalue weighted by atomic mass is 9.68. The molecular formula is C9H20Cl2N2. The minimum absolute atomic E-state index is 0.248. The van der Waals surface area contributed by atoms with Crippen molar-refractivity contribution >= 4 is 23.2 Å². The van der Waals surface area contributed by atoms with Gasteiger partial charge in [-0.25, -0.2) is 0 Å². The van der Waals surface area contributed by atoms with E-state index in [9.17, 15) is 0 Å². The zero-order valence-corrected chi connectivity index (χ0v) is 10.3. The average molecular weight is 227 g/mol. The zero-order valence-electron chi connectivity index (χ0n) is 8.77. The molecule has 0 radical (unpaired) electrons. The van der Waals surface area contributed by atoms with Gasteiger partial charge in [-0.1, -0.05) is 50.9 Å². The fraction of sp³-hybridized carbons (Fsp3) is 1.00. The quantitative estimate of drug-likeness (QED) is 0.572. The van der Waals surface area contributed by atoms with Crippen LogP contribution >= 0.6 is 23.2 Å². The molecule has 0 aliphatic carbocycles. The van der Waals surface area contributed by atoms with Crippen LogP contribution in [0.1, 0.15) is 27.7 Å². The largest absolute Gasteiger partial charge is 0.330 e. The molecule has 0 heterocycles. The number of nitrogens with two attached hydrogens (primary N) is 2. The van der Waals surface area contributed by atoms with Crippen molar-refractivity contribution in [1.29, 1.82) is 0 Å². The van der Waals surface area contributed by atoms with Gasteiger partial charge >= 0.3 is 0 Å². The van der Waals surface area contributed by atoms with E-state index in [-0.39, 0.29) is 11.8 Å². The van der Waals surface area contributed by atoms with Crippen LogP contribution in [0.2, 0.25) is 0 Å². The Balaban J connectivity index is 5.12. The summed E-state index contributed by atoms with van der Waals surface area (Å²) in [5, 5.41) is 0. The van der Waals surface area contributed by atoms with Gasteiger partial charge in [0.2, 0.25) is 0 Å². The summed E-state index contributed by atoms with van der Waals surface area (Å²) < 4.78 is -1.27. The van der Waals surface area contributed by atoms with Crippen LogP contribution in [-0.2, 0) is 0 Å². The summed E-state index contributed by atoms with van der Waals surface area (Å²) in [7, 11) is 0. The third kappa shape index (κ3) is 2.30. The van der Waals surface area contributed by atoms with Crippen molar-refractivity contribution in [3.63, 3.8) is 0 Å². The lowest BCUT2D eigenvalue weighted by Crippen LogP contribution is -2.57. The number of hydrogen-bond donors (Lipinski definition) is 2. The molecule has 13 heavy (non-hydrogen) atoms. The second-order valence-electron chi connectivity index (χ2n) is 4.18. The fourth-order valence-electron chi connectivity index (χ4n) is 2.04. The predicted molar refractivity (Wildman–Crippen MR) is 59.8 cm³/mol. The van der Waals surface area contributed by atoms with Gasteiger partial charge < -0.3 is 5.73 Å². The van der Waals surface area contributed by atoms with Crippen molar-refractivity contribution in [1.82, 2.24) is 0 Å². The Morgan fingerprint density at radius 3 is 1.38 bits per heavy atom. The minimum atomic E-state index is -1.27. The molecule has 0 bridgehead atoms. The van der Waals surface area contributed by atoms with Crippen molar-refractivity contribution in [2.24, 2.45) is 28.7 Å². The normalized spacial score (nSPS) is 14.3. The number of hydrogen-bond acceptors (Lipinski definition) is 2. The van der Waals surface area contributed by atoms with E-state index in [0.29, 0.717) is 6.54 Å². The molecular weight excluding hydrogens is 207 g/mol. The number of rotatable bonds is 4. The first kappa shape index (κ1) is 13.5. The van der Waals surface area contributed by atoms with Gasteiger partial charge in [0, 0.05) is 12.0 Å². The summed E-state index contributed by atoms with van der Waals surface area (Å²) >= 11 is 12.0. The second-order valence-corrected chi connectivity index (χ2v) is 5.56. The van der Waals surface area contributed by atoms with Crippen LogP contribution in [-0.4, -0.2) is 11.0 Å². The molecule has 2 nitrogen and oxygen atoms in total. The van der Waals surface area contributed by atoms with E-state index < -0.39 is 9.87 Å². The van der Waals surface area contributed by atoms with Gasteiger partial charge in [-0.15, -0.1) is 0 Å². The monoisotopic (exact) mass is 226 g/mol. The summed E-state index contributed by atoms with van der Waals surface area (Å²) in [6, 6.07) is 0. The molecule has 0 aromatic carbocycles. The highest BCUT2D eigenvalue weighted by Crippen LogP contribution is 2.47. The van der Waals surface area contributed by atoms with Crippen molar-refractivity contribution < 1.29 is 0 Å². The second kappa shape index (κ2) is 4.35. The first-order chi connectivity index (χ1) is 5.70. The maximum atomic E-state index is 6.01. The molecule has 0 aliphatic rings. The molecule has 0 atom stereocenters. The zero-order chi connectivity index (χ0) is 10.9. The highest BCUT2D eigenvalue weighted by molar-refractivity contribution is 6.48. The molecule has 0 aliphatic heterocycles. The Morgan fingerprint density at radius 1 is 1.08 bits per heavy atom. The number of alkyl halides is 2. The fourth-order valence-corrected chi connectivity index (χ4v) is 3.07. The van der Waals surface area contributed by atoms with Crippen LogP contribution < -0.4 is 11.5 Å². The van der Waals surface area contributed by atoms with E-state index in [4.69, 9.17) is 34.7 Å². The summed E-state index contributed by atoms with van der Waals surface area (Å²) in [6.07, 6.45) is 0. The molecule has 0 spiro atoms. The molecule has 80 valence electrons. The summed E-state index contributed by atoms with van der Waals surface area (Å²) in [4.78, 5) is 0. The van der Waals surface area contributed by atoms with E-state index in [1.54, 1.807) is 0 Å². The highest BCUT2D eigenvalue weighted by atomic mass is 35.5. The van der Waals surface area contributed by atoms with Crippen molar-refractivity contribution in [2.45, 2.75) is 32.2 Å². The first-order valence-electron chi connectivity index (χ1n) is 4.57. The van der Waals surface area contributed by atoms with Gasteiger partial charge in [0.25, 0.3) is 0 Å².